The molecule has 0 saturated carbocycles. The molecule has 2 aromatic rings. The third-order valence-electron chi connectivity index (χ3n) is 5.17. The van der Waals surface area contributed by atoms with Crippen LogP contribution >= 0.6 is 25.3 Å². The van der Waals surface area contributed by atoms with Crippen molar-refractivity contribution in [2.75, 3.05) is 38.9 Å². The lowest BCUT2D eigenvalue weighted by molar-refractivity contribution is -0.146. The number of esters is 2. The van der Waals surface area contributed by atoms with Crippen molar-refractivity contribution in [1.29, 1.82) is 5.26 Å². The van der Waals surface area contributed by atoms with Crippen LogP contribution in [0.3, 0.4) is 0 Å². The second-order valence-corrected chi connectivity index (χ2v) is 8.76. The Balaban J connectivity index is 0. The van der Waals surface area contributed by atoms with E-state index in [4.69, 9.17) is 32.7 Å². The largest absolute Gasteiger partial charge is 0.482 e. The fraction of sp³-hybridized carbons (Fsp3) is 0.438. The van der Waals surface area contributed by atoms with Gasteiger partial charge in [-0.15, -0.1) is 0 Å². The summed E-state index contributed by atoms with van der Waals surface area (Å²) < 4.78 is 33.8. The number of thiol groups is 2. The number of nitriles is 1. The van der Waals surface area contributed by atoms with Gasteiger partial charge in [-0.1, -0.05) is 24.3 Å². The minimum absolute atomic E-state index is 0.00111. The molecule has 3 amide bonds. The van der Waals surface area contributed by atoms with Gasteiger partial charge in [0.2, 0.25) is 17.7 Å². The number of nitrogens with zero attached hydrogens (tertiary/aromatic N) is 1. The molecule has 2 atom stereocenters. The third-order valence-corrected chi connectivity index (χ3v) is 5.17. The predicted octanol–water partition coefficient (Wildman–Crippen LogP) is 2.45. The molecular formula is C32H46N4O9S2. The van der Waals surface area contributed by atoms with Crippen molar-refractivity contribution in [3.63, 3.8) is 0 Å². The number of hydrogen-bond acceptors (Lipinski definition) is 12. The second-order valence-electron chi connectivity index (χ2n) is 8.76. The maximum atomic E-state index is 11.3. The SMILES string of the molecule is CS.CS.[3H]CCOC(=O)COc1cccc(C[C@@H](C#N)NC(C)=O)c1.[3H]CCOC(=O)COc1cccc(C[C@H](NC(C)=O)C(N)=O)c1. The zero-order valence-electron chi connectivity index (χ0n) is 29.0. The predicted molar refractivity (Wildman–Crippen MR) is 184 cm³/mol. The summed E-state index contributed by atoms with van der Waals surface area (Å²) >= 11 is 7.06. The Kier molecular flexibility index (Phi) is 24.1. The van der Waals surface area contributed by atoms with Crippen LogP contribution in [0.1, 0.15) is 41.5 Å². The number of nitrogens with one attached hydrogen (secondary N) is 2. The first-order valence-corrected chi connectivity index (χ1v) is 15.7. The minimum Gasteiger partial charge on any atom is -0.482 e. The first-order chi connectivity index (χ1) is 23.5. The first kappa shape index (κ1) is 40.6. The zero-order chi connectivity index (χ0) is 37.6. The molecule has 47 heavy (non-hydrogen) atoms. The average molecular weight is 699 g/mol. The average Bonchev–Trinajstić information content (AvgIpc) is 3.09. The summed E-state index contributed by atoms with van der Waals surface area (Å²) in [5.41, 5.74) is 6.78. The summed E-state index contributed by atoms with van der Waals surface area (Å²) in [6.07, 6.45) is 3.95. The van der Waals surface area contributed by atoms with Crippen molar-refractivity contribution in [3.05, 3.63) is 59.7 Å². The van der Waals surface area contributed by atoms with Gasteiger partial charge in [-0.2, -0.15) is 30.5 Å². The third kappa shape index (κ3) is 22.7. The van der Waals surface area contributed by atoms with Crippen molar-refractivity contribution in [2.45, 2.75) is 52.6 Å². The van der Waals surface area contributed by atoms with E-state index in [1.54, 1.807) is 61.0 Å². The normalized spacial score (nSPS) is 11.1. The maximum Gasteiger partial charge on any atom is 0.344 e. The van der Waals surface area contributed by atoms with E-state index in [2.05, 4.69) is 35.9 Å². The number of ether oxygens (including phenoxy) is 4. The molecule has 0 aliphatic heterocycles. The van der Waals surface area contributed by atoms with Crippen LogP contribution in [0.4, 0.5) is 0 Å². The molecule has 0 aromatic heterocycles. The lowest BCUT2D eigenvalue weighted by atomic mass is 10.1. The molecule has 0 heterocycles. The van der Waals surface area contributed by atoms with Gasteiger partial charge in [-0.05, 0) is 61.7 Å². The number of amides is 3. The fourth-order valence-corrected chi connectivity index (χ4v) is 3.43. The van der Waals surface area contributed by atoms with Crippen molar-refractivity contribution in [1.82, 2.24) is 10.6 Å². The van der Waals surface area contributed by atoms with Gasteiger partial charge in [-0.25, -0.2) is 9.59 Å². The summed E-state index contributed by atoms with van der Waals surface area (Å²) in [4.78, 5) is 56.0. The molecule has 0 saturated heterocycles. The van der Waals surface area contributed by atoms with Gasteiger partial charge in [-0.3, -0.25) is 14.4 Å². The fourth-order valence-electron chi connectivity index (χ4n) is 3.43. The highest BCUT2D eigenvalue weighted by molar-refractivity contribution is 7.79. The molecular weight excluding hydrogens is 649 g/mol. The number of hydrogen-bond donors (Lipinski definition) is 5. The van der Waals surface area contributed by atoms with Crippen molar-refractivity contribution in [2.24, 2.45) is 5.73 Å². The smallest absolute Gasteiger partial charge is 0.344 e. The standard InChI is InChI=1S/C15H20N2O5.C15H18N2O4.2CH4S/c1-3-21-14(19)9-22-12-6-4-5-11(7-12)8-13(15(16)20)17-10(2)18;1-3-20-15(19)10-21-14-6-4-5-12(8-14)7-13(9-16)17-11(2)18;2*1-2/h4-7,13H,3,8-9H2,1-2H3,(H2,16,20)(H,17,18);4-6,8,13H,3,7,10H2,1-2H3,(H,17,18);2*2H,1H3/t2*13-;;/m00../s1/i2*1T;;. The Morgan fingerprint density at radius 1 is 0.809 bits per heavy atom. The summed E-state index contributed by atoms with van der Waals surface area (Å²) in [7, 11) is 0. The number of rotatable bonds is 15. The van der Waals surface area contributed by atoms with Crippen LogP contribution in [0.5, 0.6) is 11.5 Å². The number of carbonyl (C=O) groups excluding carboxylic acids is 5. The first-order valence-electron chi connectivity index (χ1n) is 15.3. The highest BCUT2D eigenvalue weighted by atomic mass is 32.1. The summed E-state index contributed by atoms with van der Waals surface area (Å²) in [5.74, 6) is -1.45. The van der Waals surface area contributed by atoms with Crippen LogP contribution in [0.25, 0.3) is 0 Å². The molecule has 2 rings (SSSR count). The molecule has 2 aromatic carbocycles. The molecule has 13 nitrogen and oxygen atoms in total. The van der Waals surface area contributed by atoms with Crippen LogP contribution in [-0.2, 0) is 46.3 Å². The minimum atomic E-state index is -0.815. The Morgan fingerprint density at radius 3 is 1.64 bits per heavy atom. The van der Waals surface area contributed by atoms with Crippen LogP contribution in [0.2, 0.25) is 0 Å². The molecule has 0 spiro atoms. The maximum absolute atomic E-state index is 11.3. The topological polar surface area (TPSA) is 196 Å². The van der Waals surface area contributed by atoms with Crippen LogP contribution in [-0.4, -0.2) is 80.7 Å². The Morgan fingerprint density at radius 2 is 1.26 bits per heavy atom. The molecule has 15 heteroatoms. The zero-order valence-corrected chi connectivity index (χ0v) is 28.8. The molecule has 4 N–H and O–H groups in total. The molecule has 0 aliphatic carbocycles. The summed E-state index contributed by atoms with van der Waals surface area (Å²) in [6, 6.07) is 14.3. The van der Waals surface area contributed by atoms with Crippen LogP contribution in [0, 0.1) is 11.3 Å². The molecule has 0 fully saturated rings. The highest BCUT2D eigenvalue weighted by Gasteiger charge is 2.17. The number of benzene rings is 2. The summed E-state index contributed by atoms with van der Waals surface area (Å²) in [5, 5.41) is 14.0. The Hall–Kier alpha value is -4.42. The van der Waals surface area contributed by atoms with E-state index in [0.29, 0.717) is 17.9 Å². The van der Waals surface area contributed by atoms with Gasteiger partial charge in [0.05, 0.1) is 19.3 Å². The molecule has 0 unspecified atom stereocenters. The quantitative estimate of drug-likeness (QED) is 0.136. The lowest BCUT2D eigenvalue weighted by Gasteiger charge is -2.15. The van der Waals surface area contributed by atoms with E-state index in [9.17, 15) is 24.0 Å². The second kappa shape index (κ2) is 27.9. The van der Waals surface area contributed by atoms with Crippen molar-refractivity contribution in [3.8, 4) is 17.6 Å². The van der Waals surface area contributed by atoms with E-state index in [1.165, 1.54) is 13.8 Å². The van der Waals surface area contributed by atoms with Crippen molar-refractivity contribution >= 4 is 54.9 Å². The lowest BCUT2D eigenvalue weighted by Crippen LogP contribution is -2.44. The van der Waals surface area contributed by atoms with Gasteiger partial charge in [0.15, 0.2) is 13.2 Å². The monoisotopic (exact) mass is 698 g/mol. The summed E-state index contributed by atoms with van der Waals surface area (Å²) in [6.45, 7) is 2.23. The number of nitrogens with two attached hydrogens (primary N) is 1. The van der Waals surface area contributed by atoms with Gasteiger partial charge in [0.25, 0.3) is 0 Å². The van der Waals surface area contributed by atoms with E-state index in [0.717, 1.165) is 11.1 Å². The van der Waals surface area contributed by atoms with Crippen molar-refractivity contribution < 1.29 is 45.7 Å². The van der Waals surface area contributed by atoms with Crippen LogP contribution < -0.4 is 25.8 Å². The number of carbonyl (C=O) groups is 5. The molecule has 0 radical (unpaired) electrons. The van der Waals surface area contributed by atoms with Gasteiger partial charge in [0.1, 0.15) is 23.6 Å². The number of primary amides is 1. The molecule has 0 aliphatic rings. The van der Waals surface area contributed by atoms with Gasteiger partial charge in [0, 0.05) is 29.4 Å². The molecule has 260 valence electrons. The highest BCUT2D eigenvalue weighted by Crippen LogP contribution is 2.16. The van der Waals surface area contributed by atoms with E-state index in [-0.39, 0.29) is 58.5 Å². The van der Waals surface area contributed by atoms with Gasteiger partial charge < -0.3 is 35.3 Å². The van der Waals surface area contributed by atoms with Crippen LogP contribution in [0.15, 0.2) is 48.5 Å². The molecule has 0 bridgehead atoms. The Bertz CT molecular complexity index is 1330. The van der Waals surface area contributed by atoms with E-state index in [1.807, 2.05) is 6.07 Å². The van der Waals surface area contributed by atoms with E-state index < -0.39 is 29.9 Å². The van der Waals surface area contributed by atoms with E-state index >= 15 is 0 Å². The Labute approximate surface area is 290 Å². The van der Waals surface area contributed by atoms with Gasteiger partial charge >= 0.3 is 11.9 Å².